The Morgan fingerprint density at radius 1 is 1.46 bits per heavy atom. The zero-order chi connectivity index (χ0) is 17.0. The molecule has 1 aromatic heterocycles. The number of carbonyl (C=O) groups is 2. The number of hydrogen-bond acceptors (Lipinski definition) is 3. The lowest BCUT2D eigenvalue weighted by Crippen LogP contribution is -2.30. The number of fused-ring (bicyclic) bond motifs is 5. The summed E-state index contributed by atoms with van der Waals surface area (Å²) in [5.41, 5.74) is 7.21. The molecular weight excluding hydrogens is 335 g/mol. The first kappa shape index (κ1) is 15.1. The van der Waals surface area contributed by atoms with Crippen LogP contribution < -0.4 is 5.73 Å². The minimum absolute atomic E-state index is 0.00881. The van der Waals surface area contributed by atoms with Gasteiger partial charge in [-0.15, -0.1) is 0 Å². The molecule has 2 N–H and O–H groups in total. The average molecular weight is 349 g/mol. The van der Waals surface area contributed by atoms with Gasteiger partial charge < -0.3 is 10.6 Å². The zero-order valence-electron chi connectivity index (χ0n) is 12.6. The summed E-state index contributed by atoms with van der Waals surface area (Å²) in [4.78, 5) is 30.3. The topological polar surface area (TPSA) is 81.2 Å². The van der Waals surface area contributed by atoms with E-state index in [0.29, 0.717) is 17.9 Å². The Kier molecular flexibility index (Phi) is 3.35. The van der Waals surface area contributed by atoms with Crippen LogP contribution in [0.25, 0.3) is 5.69 Å². The molecule has 0 spiro atoms. The predicted molar refractivity (Wildman–Crippen MR) is 84.4 cm³/mol. The summed E-state index contributed by atoms with van der Waals surface area (Å²) in [5.74, 6) is -1.43. The molecule has 3 heterocycles. The molecule has 1 saturated heterocycles. The Bertz CT molecular complexity index is 879. The maximum Gasteiger partial charge on any atom is 0.258 e. The predicted octanol–water partition coefficient (Wildman–Crippen LogP) is 1.98. The van der Waals surface area contributed by atoms with Crippen molar-refractivity contribution in [3.63, 3.8) is 0 Å². The fourth-order valence-electron chi connectivity index (χ4n) is 3.62. The van der Waals surface area contributed by atoms with Crippen LogP contribution in [-0.2, 0) is 11.2 Å². The van der Waals surface area contributed by atoms with Crippen molar-refractivity contribution in [1.82, 2.24) is 14.5 Å². The molecule has 0 aliphatic carbocycles. The second kappa shape index (κ2) is 5.31. The lowest BCUT2D eigenvalue weighted by molar-refractivity contribution is -0.117. The molecule has 2 amide bonds. The summed E-state index contributed by atoms with van der Waals surface area (Å²) in [6, 6.07) is 2.51. The monoisotopic (exact) mass is 348 g/mol. The second-order valence-electron chi connectivity index (χ2n) is 6.00. The van der Waals surface area contributed by atoms with Crippen LogP contribution in [0.1, 0.15) is 40.6 Å². The van der Waals surface area contributed by atoms with Gasteiger partial charge in [0.15, 0.2) is 0 Å². The highest BCUT2D eigenvalue weighted by Crippen LogP contribution is 2.41. The van der Waals surface area contributed by atoms with E-state index in [1.54, 1.807) is 9.47 Å². The average Bonchev–Trinajstić information content (AvgIpc) is 3.13. The Labute approximate surface area is 142 Å². The lowest BCUT2D eigenvalue weighted by atomic mass is 10.1. The molecule has 0 saturated carbocycles. The number of imidazole rings is 1. The van der Waals surface area contributed by atoms with E-state index < -0.39 is 11.7 Å². The number of hydrogen-bond donors (Lipinski definition) is 1. The first-order chi connectivity index (χ1) is 11.5. The van der Waals surface area contributed by atoms with Crippen LogP contribution in [0.3, 0.4) is 0 Å². The van der Waals surface area contributed by atoms with Crippen LogP contribution in [0.15, 0.2) is 18.5 Å². The van der Waals surface area contributed by atoms with E-state index in [0.717, 1.165) is 18.5 Å². The van der Waals surface area contributed by atoms with Gasteiger partial charge in [0, 0.05) is 6.54 Å². The number of carbonyl (C=O) groups excluding carboxylic acids is 2. The van der Waals surface area contributed by atoms with Crippen molar-refractivity contribution < 1.29 is 14.0 Å². The van der Waals surface area contributed by atoms with E-state index in [-0.39, 0.29) is 29.0 Å². The zero-order valence-corrected chi connectivity index (χ0v) is 13.4. The van der Waals surface area contributed by atoms with Gasteiger partial charge in [-0.3, -0.25) is 14.2 Å². The summed E-state index contributed by atoms with van der Waals surface area (Å²) < 4.78 is 15.6. The van der Waals surface area contributed by atoms with E-state index in [1.165, 1.54) is 18.5 Å². The first-order valence-electron chi connectivity index (χ1n) is 7.62. The van der Waals surface area contributed by atoms with E-state index in [1.807, 2.05) is 0 Å². The number of rotatable bonds is 2. The molecule has 1 aromatic carbocycles. The minimum Gasteiger partial charge on any atom is -0.369 e. The van der Waals surface area contributed by atoms with Gasteiger partial charge in [0.05, 0.1) is 46.5 Å². The van der Waals surface area contributed by atoms with Crippen LogP contribution in [0.4, 0.5) is 4.39 Å². The van der Waals surface area contributed by atoms with Gasteiger partial charge >= 0.3 is 0 Å². The van der Waals surface area contributed by atoms with Gasteiger partial charge in [-0.2, -0.15) is 0 Å². The maximum atomic E-state index is 13.9. The largest absolute Gasteiger partial charge is 0.369 e. The smallest absolute Gasteiger partial charge is 0.258 e. The molecule has 1 atom stereocenters. The summed E-state index contributed by atoms with van der Waals surface area (Å²) in [6.07, 6.45) is 3.10. The number of nitrogens with zero attached hydrogens (tertiary/aromatic N) is 3. The van der Waals surface area contributed by atoms with Gasteiger partial charge in [-0.05, 0) is 25.0 Å². The van der Waals surface area contributed by atoms with Crippen LogP contribution in [0.2, 0.25) is 5.02 Å². The summed E-state index contributed by atoms with van der Waals surface area (Å²) >= 11 is 6.10. The van der Waals surface area contributed by atoms with Crippen LogP contribution >= 0.6 is 11.6 Å². The van der Waals surface area contributed by atoms with Gasteiger partial charge in [0.2, 0.25) is 5.91 Å². The molecule has 8 heteroatoms. The van der Waals surface area contributed by atoms with Crippen molar-refractivity contribution in [3.05, 3.63) is 46.3 Å². The number of nitrogens with two attached hydrogens (primary N) is 1. The summed E-state index contributed by atoms with van der Waals surface area (Å²) in [6.45, 7) is 0.553. The molecule has 0 bridgehead atoms. The standard InChI is InChI=1S/C16H14ClFN4O2/c17-14-8(18)3-4-10-13(14)16(24)21-5-1-2-11(21)15-9(6-12(19)23)20-7-22(10)15/h3-4,7,11H,1-2,5-6H2,(H2,19,23)/t11-/m0/s1. The molecule has 0 radical (unpaired) electrons. The van der Waals surface area contributed by atoms with E-state index in [9.17, 15) is 14.0 Å². The molecule has 4 rings (SSSR count). The lowest BCUT2D eigenvalue weighted by Gasteiger charge is -2.23. The second-order valence-corrected chi connectivity index (χ2v) is 6.38. The summed E-state index contributed by atoms with van der Waals surface area (Å²) in [7, 11) is 0. The quantitative estimate of drug-likeness (QED) is 0.901. The van der Waals surface area contributed by atoms with Crippen molar-refractivity contribution >= 4 is 23.4 Å². The molecule has 6 nitrogen and oxygen atoms in total. The van der Waals surface area contributed by atoms with Crippen LogP contribution in [-0.4, -0.2) is 32.8 Å². The highest BCUT2D eigenvalue weighted by atomic mass is 35.5. The number of aromatic nitrogens is 2. The third-order valence-corrected chi connectivity index (χ3v) is 4.97. The fraction of sp³-hybridized carbons (Fsp3) is 0.312. The Hall–Kier alpha value is -2.41. The number of halogens is 2. The van der Waals surface area contributed by atoms with E-state index in [2.05, 4.69) is 4.98 Å². The first-order valence-corrected chi connectivity index (χ1v) is 8.00. The van der Waals surface area contributed by atoms with Gasteiger partial charge in [-0.1, -0.05) is 11.6 Å². The Balaban J connectivity index is 2.01. The summed E-state index contributed by atoms with van der Waals surface area (Å²) in [5, 5.41) is -0.193. The number of benzene rings is 1. The molecule has 24 heavy (non-hydrogen) atoms. The number of primary amides is 1. The molecule has 1 fully saturated rings. The third-order valence-electron chi connectivity index (χ3n) is 4.60. The highest BCUT2D eigenvalue weighted by Gasteiger charge is 2.40. The molecule has 2 aliphatic heterocycles. The molecule has 2 aromatic rings. The van der Waals surface area contributed by atoms with Crippen molar-refractivity contribution in [2.75, 3.05) is 6.54 Å². The molecular formula is C16H14ClFN4O2. The van der Waals surface area contributed by atoms with Gasteiger partial charge in [0.1, 0.15) is 5.82 Å². The van der Waals surface area contributed by atoms with Crippen molar-refractivity contribution in [3.8, 4) is 5.69 Å². The van der Waals surface area contributed by atoms with Crippen LogP contribution in [0, 0.1) is 5.82 Å². The molecule has 0 unspecified atom stereocenters. The SMILES string of the molecule is NC(=O)Cc1ncn2c1[C@@H]1CCCN1C(=O)c1c-2ccc(F)c1Cl. The van der Waals surface area contributed by atoms with E-state index in [4.69, 9.17) is 17.3 Å². The Morgan fingerprint density at radius 2 is 2.25 bits per heavy atom. The normalized spacial score (nSPS) is 18.8. The van der Waals surface area contributed by atoms with Crippen molar-refractivity contribution in [1.29, 1.82) is 0 Å². The highest BCUT2D eigenvalue weighted by molar-refractivity contribution is 6.34. The Morgan fingerprint density at radius 3 is 3.00 bits per heavy atom. The van der Waals surface area contributed by atoms with E-state index >= 15 is 0 Å². The van der Waals surface area contributed by atoms with Gasteiger partial charge in [-0.25, -0.2) is 9.37 Å². The molecule has 124 valence electrons. The molecule has 2 aliphatic rings. The van der Waals surface area contributed by atoms with Crippen molar-refractivity contribution in [2.45, 2.75) is 25.3 Å². The van der Waals surface area contributed by atoms with Crippen LogP contribution in [0.5, 0.6) is 0 Å². The minimum atomic E-state index is -0.638. The number of amides is 2. The van der Waals surface area contributed by atoms with Crippen molar-refractivity contribution in [2.24, 2.45) is 5.73 Å². The third kappa shape index (κ3) is 2.04. The fourth-order valence-corrected chi connectivity index (χ4v) is 3.86. The van der Waals surface area contributed by atoms with Gasteiger partial charge in [0.25, 0.3) is 5.91 Å². The maximum absolute atomic E-state index is 13.9.